The second-order valence-electron chi connectivity index (χ2n) is 2.86. The molecule has 0 radical (unpaired) electrons. The molecule has 0 bridgehead atoms. The maximum atomic E-state index is 8.20. The molecule has 3 heteroatoms. The monoisotopic (exact) mass is 202 g/mol. The van der Waals surface area contributed by atoms with E-state index in [-0.39, 0.29) is 23.1 Å². The van der Waals surface area contributed by atoms with Crippen LogP contribution in [0.5, 0.6) is 0 Å². The van der Waals surface area contributed by atoms with Crippen molar-refractivity contribution in [2.45, 2.75) is 52.4 Å². The van der Waals surface area contributed by atoms with E-state index in [0.29, 0.717) is 13.2 Å². The van der Waals surface area contributed by atoms with Gasteiger partial charge in [0.25, 0.3) is 0 Å². The predicted molar refractivity (Wildman–Crippen MR) is 61.8 cm³/mol. The second kappa shape index (κ2) is 23.0. The fraction of sp³-hybridized carbons (Fsp3) is 1.00. The van der Waals surface area contributed by atoms with Crippen LogP contribution in [0.1, 0.15) is 52.4 Å². The number of hydrogen-bond acceptors (Lipinski definition) is 2. The van der Waals surface area contributed by atoms with Crippen LogP contribution in [-0.2, 0) is 0 Å². The highest BCUT2D eigenvalue weighted by Crippen LogP contribution is 1.89. The third-order valence-corrected chi connectivity index (χ3v) is 1.52. The van der Waals surface area contributed by atoms with Crippen molar-refractivity contribution in [3.8, 4) is 0 Å². The van der Waals surface area contributed by atoms with Gasteiger partial charge in [-0.15, -0.1) is 0 Å². The maximum absolute atomic E-state index is 8.20. The lowest BCUT2D eigenvalue weighted by Crippen LogP contribution is -1.78. The topological polar surface area (TPSA) is 40.5 Å². The van der Waals surface area contributed by atoms with Crippen molar-refractivity contribution in [3.05, 3.63) is 0 Å². The molecule has 0 rings (SSSR count). The highest BCUT2D eigenvalue weighted by atomic mass is 24.3. The largest absolute Gasteiger partial charge is 0.396 e. The van der Waals surface area contributed by atoms with E-state index in [9.17, 15) is 0 Å². The summed E-state index contributed by atoms with van der Waals surface area (Å²) in [6.45, 7) is 4.95. The first-order valence-corrected chi connectivity index (χ1v) is 5.05. The van der Waals surface area contributed by atoms with E-state index in [1.807, 2.05) is 0 Å². The van der Waals surface area contributed by atoms with Gasteiger partial charge in [-0.05, 0) is 12.8 Å². The van der Waals surface area contributed by atoms with Gasteiger partial charge < -0.3 is 10.2 Å². The zero-order valence-corrected chi connectivity index (χ0v) is 8.55. The minimum atomic E-state index is 0. The lowest BCUT2D eigenvalue weighted by atomic mass is 10.3. The van der Waals surface area contributed by atoms with E-state index in [4.69, 9.17) is 10.2 Å². The van der Waals surface area contributed by atoms with E-state index < -0.39 is 0 Å². The van der Waals surface area contributed by atoms with E-state index in [2.05, 4.69) is 13.8 Å². The molecular weight excluding hydrogens is 176 g/mol. The standard InChI is InChI=1S/2C5H12O.Mg.2H/c2*1-2-3-4-5-6;;;/h2*6H,2-5H2,1H3;;;. The molecule has 0 aliphatic carbocycles. The summed E-state index contributed by atoms with van der Waals surface area (Å²) in [5.74, 6) is 0. The Balaban J connectivity index is -0.000000143. The van der Waals surface area contributed by atoms with Gasteiger partial charge in [0.1, 0.15) is 0 Å². The summed E-state index contributed by atoms with van der Waals surface area (Å²) in [5, 5.41) is 16.4. The summed E-state index contributed by atoms with van der Waals surface area (Å²) in [4.78, 5) is 0. The van der Waals surface area contributed by atoms with Crippen LogP contribution in [0.2, 0.25) is 0 Å². The fourth-order valence-electron chi connectivity index (χ4n) is 0.724. The summed E-state index contributed by atoms with van der Waals surface area (Å²) < 4.78 is 0. The number of rotatable bonds is 6. The van der Waals surface area contributed by atoms with Gasteiger partial charge in [0.2, 0.25) is 0 Å². The molecule has 0 heterocycles. The normalized spacial score (nSPS) is 8.31. The molecule has 0 amide bonds. The fourth-order valence-corrected chi connectivity index (χ4v) is 0.724. The molecule has 0 atom stereocenters. The van der Waals surface area contributed by atoms with Crippen molar-refractivity contribution < 1.29 is 10.2 Å². The molecule has 0 fully saturated rings. The van der Waals surface area contributed by atoms with Crippen LogP contribution in [-0.4, -0.2) is 46.5 Å². The Bertz CT molecular complexity index is 44.9. The smallest absolute Gasteiger partial charge is 0.316 e. The Morgan fingerprint density at radius 2 is 1.00 bits per heavy atom. The average molecular weight is 203 g/mol. The average Bonchev–Trinajstić information content (AvgIpc) is 2.12. The first kappa shape index (κ1) is 19.3. The summed E-state index contributed by atoms with van der Waals surface area (Å²) in [5.41, 5.74) is 0. The van der Waals surface area contributed by atoms with Gasteiger partial charge in [0, 0.05) is 13.2 Å². The Labute approximate surface area is 98.9 Å². The van der Waals surface area contributed by atoms with Gasteiger partial charge in [-0.1, -0.05) is 39.5 Å². The van der Waals surface area contributed by atoms with Gasteiger partial charge in [0.05, 0.1) is 0 Å². The number of unbranched alkanes of at least 4 members (excludes halogenated alkanes) is 4. The number of aliphatic hydroxyl groups excluding tert-OH is 2. The zero-order chi connectivity index (χ0) is 9.66. The molecule has 0 unspecified atom stereocenters. The molecular formula is C10H26MgO2. The van der Waals surface area contributed by atoms with Crippen molar-refractivity contribution in [1.82, 2.24) is 0 Å². The van der Waals surface area contributed by atoms with Crippen molar-refractivity contribution in [1.29, 1.82) is 0 Å². The lowest BCUT2D eigenvalue weighted by molar-refractivity contribution is 0.284. The molecule has 80 valence electrons. The highest BCUT2D eigenvalue weighted by Gasteiger charge is 1.76. The summed E-state index contributed by atoms with van der Waals surface area (Å²) in [6, 6.07) is 0. The Kier molecular flexibility index (Phi) is 34.1. The van der Waals surface area contributed by atoms with Crippen molar-refractivity contribution in [2.24, 2.45) is 0 Å². The zero-order valence-electron chi connectivity index (χ0n) is 8.55. The van der Waals surface area contributed by atoms with Crippen molar-refractivity contribution in [3.63, 3.8) is 0 Å². The van der Waals surface area contributed by atoms with Crippen molar-refractivity contribution in [2.75, 3.05) is 13.2 Å². The van der Waals surface area contributed by atoms with E-state index in [0.717, 1.165) is 25.7 Å². The van der Waals surface area contributed by atoms with Gasteiger partial charge in [-0.3, -0.25) is 0 Å². The van der Waals surface area contributed by atoms with Gasteiger partial charge in [0.15, 0.2) is 0 Å². The Hall–Kier alpha value is 0.686. The number of aliphatic hydroxyl groups is 2. The molecule has 0 saturated carbocycles. The quantitative estimate of drug-likeness (QED) is 0.505. The SMILES string of the molecule is CCCCCO.CCCCCO.[MgH2]. The summed E-state index contributed by atoms with van der Waals surface area (Å²) in [7, 11) is 0. The van der Waals surface area contributed by atoms with Crippen LogP contribution in [0.4, 0.5) is 0 Å². The van der Waals surface area contributed by atoms with Gasteiger partial charge in [-0.25, -0.2) is 0 Å². The van der Waals surface area contributed by atoms with Gasteiger partial charge >= 0.3 is 23.1 Å². The molecule has 13 heavy (non-hydrogen) atoms. The second-order valence-corrected chi connectivity index (χ2v) is 2.86. The van der Waals surface area contributed by atoms with E-state index in [1.54, 1.807) is 0 Å². The van der Waals surface area contributed by atoms with Crippen LogP contribution >= 0.6 is 0 Å². The molecule has 2 nitrogen and oxygen atoms in total. The van der Waals surface area contributed by atoms with Crippen LogP contribution < -0.4 is 0 Å². The molecule has 0 aliphatic rings. The third-order valence-electron chi connectivity index (χ3n) is 1.52. The maximum Gasteiger partial charge on any atom is 0.316 e. The Morgan fingerprint density at radius 3 is 1.08 bits per heavy atom. The summed E-state index contributed by atoms with van der Waals surface area (Å²) in [6.07, 6.45) is 6.65. The van der Waals surface area contributed by atoms with Crippen molar-refractivity contribution >= 4 is 23.1 Å². The van der Waals surface area contributed by atoms with Crippen LogP contribution in [0, 0.1) is 0 Å². The van der Waals surface area contributed by atoms with Crippen LogP contribution in [0.15, 0.2) is 0 Å². The minimum absolute atomic E-state index is 0. The first-order chi connectivity index (χ1) is 5.83. The van der Waals surface area contributed by atoms with Crippen LogP contribution in [0.25, 0.3) is 0 Å². The first-order valence-electron chi connectivity index (χ1n) is 5.05. The molecule has 2 N–H and O–H groups in total. The van der Waals surface area contributed by atoms with E-state index >= 15 is 0 Å². The molecule has 0 aromatic carbocycles. The van der Waals surface area contributed by atoms with E-state index in [1.165, 1.54) is 12.8 Å². The minimum Gasteiger partial charge on any atom is -0.396 e. The highest BCUT2D eigenvalue weighted by molar-refractivity contribution is 5.75. The molecule has 0 aromatic heterocycles. The predicted octanol–water partition coefficient (Wildman–Crippen LogP) is 1.42. The molecule has 0 aliphatic heterocycles. The molecule has 0 saturated heterocycles. The third kappa shape index (κ3) is 32.4. The van der Waals surface area contributed by atoms with Gasteiger partial charge in [-0.2, -0.15) is 0 Å². The van der Waals surface area contributed by atoms with Crippen LogP contribution in [0.3, 0.4) is 0 Å². The lowest BCUT2D eigenvalue weighted by Gasteiger charge is -1.85. The number of hydrogen-bond donors (Lipinski definition) is 2. The molecule has 0 spiro atoms. The Morgan fingerprint density at radius 1 is 0.692 bits per heavy atom. The molecule has 0 aromatic rings. The summed E-state index contributed by atoms with van der Waals surface area (Å²) >= 11 is 0.